The molecule has 0 amide bonds. The monoisotopic (exact) mass is 233 g/mol. The van der Waals surface area contributed by atoms with E-state index >= 15 is 0 Å². The molecule has 0 radical (unpaired) electrons. The number of hydrogen-bond acceptors (Lipinski definition) is 3. The third kappa shape index (κ3) is 4.06. The molecule has 5 nitrogen and oxygen atoms in total. The fourth-order valence-electron chi connectivity index (χ4n) is 1.81. The van der Waals surface area contributed by atoms with Crippen LogP contribution in [-0.2, 0) is 10.2 Å². The van der Waals surface area contributed by atoms with Crippen LogP contribution in [0, 0.1) is 0 Å². The molecule has 3 N–H and O–H groups in total. The van der Waals surface area contributed by atoms with E-state index in [9.17, 15) is 8.42 Å². The zero-order chi connectivity index (χ0) is 10.7. The maximum absolute atomic E-state index is 11.6. The normalized spacial score (nSPS) is 28.7. The molecule has 0 bridgehead atoms. The van der Waals surface area contributed by atoms with Gasteiger partial charge in [-0.15, -0.1) is 0 Å². The van der Waals surface area contributed by atoms with Crippen molar-refractivity contribution in [1.29, 1.82) is 0 Å². The van der Waals surface area contributed by atoms with Gasteiger partial charge in [0.2, 0.25) is 0 Å². The van der Waals surface area contributed by atoms with Gasteiger partial charge < -0.3 is 5.32 Å². The summed E-state index contributed by atoms with van der Waals surface area (Å²) in [6, 6.07) is 0.280. The molecule has 88 valence electrons. The fourth-order valence-corrected chi connectivity index (χ4v) is 3.23. The zero-order valence-corrected chi connectivity index (χ0v) is 9.65. The number of rotatable bonds is 4. The van der Waals surface area contributed by atoms with Crippen LogP contribution >= 0.6 is 0 Å². The molecule has 2 fully saturated rings. The van der Waals surface area contributed by atoms with E-state index in [-0.39, 0.29) is 12.1 Å². The Morgan fingerprint density at radius 1 is 0.933 bits per heavy atom. The summed E-state index contributed by atoms with van der Waals surface area (Å²) < 4.78 is 28.6. The predicted octanol–water partition coefficient (Wildman–Crippen LogP) is -0.285. The summed E-state index contributed by atoms with van der Waals surface area (Å²) in [7, 11) is -3.26. The van der Waals surface area contributed by atoms with Crippen LogP contribution in [0.15, 0.2) is 0 Å². The Morgan fingerprint density at radius 2 is 1.60 bits per heavy atom. The summed E-state index contributed by atoms with van der Waals surface area (Å²) in [4.78, 5) is 0. The highest BCUT2D eigenvalue weighted by atomic mass is 32.2. The highest BCUT2D eigenvalue weighted by Crippen LogP contribution is 2.19. The van der Waals surface area contributed by atoms with Gasteiger partial charge in [0.1, 0.15) is 0 Å². The second-order valence-corrected chi connectivity index (χ2v) is 5.87. The van der Waals surface area contributed by atoms with Crippen molar-refractivity contribution >= 4 is 10.2 Å². The molecule has 0 aromatic rings. The average Bonchev–Trinajstić information content (AvgIpc) is 2.92. The van der Waals surface area contributed by atoms with Gasteiger partial charge in [-0.05, 0) is 45.2 Å². The first-order chi connectivity index (χ1) is 7.16. The van der Waals surface area contributed by atoms with Gasteiger partial charge in [0.05, 0.1) is 0 Å². The smallest absolute Gasteiger partial charge is 0.277 e. The lowest BCUT2D eigenvalue weighted by atomic mass is 10.1. The lowest BCUT2D eigenvalue weighted by molar-refractivity contribution is 0.509. The van der Waals surface area contributed by atoms with Gasteiger partial charge in [-0.2, -0.15) is 17.9 Å². The lowest BCUT2D eigenvalue weighted by Crippen LogP contribution is -2.43. The molecular weight excluding hydrogens is 214 g/mol. The van der Waals surface area contributed by atoms with E-state index in [0.29, 0.717) is 0 Å². The molecule has 1 saturated carbocycles. The zero-order valence-electron chi connectivity index (χ0n) is 8.83. The summed E-state index contributed by atoms with van der Waals surface area (Å²) >= 11 is 0. The Bertz CT molecular complexity index is 292. The summed E-state index contributed by atoms with van der Waals surface area (Å²) in [6.45, 7) is 1.89. The Labute approximate surface area is 91.2 Å². The average molecular weight is 233 g/mol. The highest BCUT2D eigenvalue weighted by Gasteiger charge is 2.28. The Kier molecular flexibility index (Phi) is 3.60. The molecule has 2 rings (SSSR count). The topological polar surface area (TPSA) is 70.2 Å². The minimum absolute atomic E-state index is 0.0937. The van der Waals surface area contributed by atoms with Gasteiger partial charge in [-0.3, -0.25) is 0 Å². The number of hydrogen-bond donors (Lipinski definition) is 3. The van der Waals surface area contributed by atoms with Crippen molar-refractivity contribution in [3.05, 3.63) is 0 Å². The van der Waals surface area contributed by atoms with Crippen LogP contribution in [0.4, 0.5) is 0 Å². The molecular formula is C9H19N3O2S. The van der Waals surface area contributed by atoms with Crippen LogP contribution in [0.5, 0.6) is 0 Å². The molecule has 1 saturated heterocycles. The van der Waals surface area contributed by atoms with E-state index in [0.717, 1.165) is 45.2 Å². The highest BCUT2D eigenvalue weighted by molar-refractivity contribution is 7.87. The number of nitrogens with one attached hydrogen (secondary N) is 3. The Morgan fingerprint density at radius 3 is 2.27 bits per heavy atom. The summed E-state index contributed by atoms with van der Waals surface area (Å²) in [6.07, 6.45) is 4.81. The minimum Gasteiger partial charge on any atom is -0.317 e. The molecule has 0 aromatic heterocycles. The van der Waals surface area contributed by atoms with E-state index in [1.54, 1.807) is 0 Å². The quantitative estimate of drug-likeness (QED) is 0.625. The maximum Gasteiger partial charge on any atom is 0.277 e. The molecule has 6 heteroatoms. The second kappa shape index (κ2) is 4.78. The first-order valence-electron chi connectivity index (χ1n) is 5.66. The molecule has 1 unspecified atom stereocenters. The molecule has 1 aliphatic carbocycles. The van der Waals surface area contributed by atoms with Crippen LogP contribution in [0.2, 0.25) is 0 Å². The molecule has 1 heterocycles. The van der Waals surface area contributed by atoms with Gasteiger partial charge >= 0.3 is 0 Å². The van der Waals surface area contributed by atoms with Crippen LogP contribution in [0.25, 0.3) is 0 Å². The molecule has 1 aliphatic heterocycles. The van der Waals surface area contributed by atoms with Crippen molar-refractivity contribution in [2.24, 2.45) is 0 Å². The van der Waals surface area contributed by atoms with E-state index < -0.39 is 10.2 Å². The summed E-state index contributed by atoms with van der Waals surface area (Å²) in [5.41, 5.74) is 0. The van der Waals surface area contributed by atoms with Crippen LogP contribution in [0.1, 0.15) is 32.1 Å². The van der Waals surface area contributed by atoms with Crippen LogP contribution in [-0.4, -0.2) is 33.6 Å². The first kappa shape index (κ1) is 11.3. The Balaban J connectivity index is 1.82. The summed E-state index contributed by atoms with van der Waals surface area (Å²) in [5.74, 6) is 0. The molecule has 15 heavy (non-hydrogen) atoms. The van der Waals surface area contributed by atoms with E-state index in [4.69, 9.17) is 0 Å². The Hall–Kier alpha value is -0.170. The van der Waals surface area contributed by atoms with Crippen LogP contribution in [0.3, 0.4) is 0 Å². The fraction of sp³-hybridized carbons (Fsp3) is 1.00. The van der Waals surface area contributed by atoms with Crippen molar-refractivity contribution in [2.45, 2.75) is 44.2 Å². The van der Waals surface area contributed by atoms with Gasteiger partial charge in [-0.1, -0.05) is 0 Å². The van der Waals surface area contributed by atoms with Crippen molar-refractivity contribution in [3.8, 4) is 0 Å². The minimum atomic E-state index is -3.26. The van der Waals surface area contributed by atoms with Gasteiger partial charge in [0, 0.05) is 12.1 Å². The molecule has 2 aliphatic rings. The van der Waals surface area contributed by atoms with Crippen LogP contribution < -0.4 is 14.8 Å². The van der Waals surface area contributed by atoms with Crippen molar-refractivity contribution in [1.82, 2.24) is 14.8 Å². The SMILES string of the molecule is O=S(=O)(NC1CCCNCC1)NC1CC1. The van der Waals surface area contributed by atoms with Crippen molar-refractivity contribution in [3.63, 3.8) is 0 Å². The van der Waals surface area contributed by atoms with Crippen molar-refractivity contribution in [2.75, 3.05) is 13.1 Å². The predicted molar refractivity (Wildman–Crippen MR) is 58.7 cm³/mol. The van der Waals surface area contributed by atoms with E-state index in [1.807, 2.05) is 0 Å². The third-order valence-electron chi connectivity index (χ3n) is 2.80. The van der Waals surface area contributed by atoms with Gasteiger partial charge in [0.25, 0.3) is 10.2 Å². The van der Waals surface area contributed by atoms with E-state index in [2.05, 4.69) is 14.8 Å². The van der Waals surface area contributed by atoms with Crippen molar-refractivity contribution < 1.29 is 8.42 Å². The maximum atomic E-state index is 11.6. The largest absolute Gasteiger partial charge is 0.317 e. The molecule has 0 aromatic carbocycles. The third-order valence-corrected chi connectivity index (χ3v) is 4.08. The molecule has 0 spiro atoms. The lowest BCUT2D eigenvalue weighted by Gasteiger charge is -2.16. The van der Waals surface area contributed by atoms with Gasteiger partial charge in [-0.25, -0.2) is 0 Å². The first-order valence-corrected chi connectivity index (χ1v) is 7.14. The second-order valence-electron chi connectivity index (χ2n) is 4.39. The van der Waals surface area contributed by atoms with Gasteiger partial charge in [0.15, 0.2) is 0 Å². The molecule has 1 atom stereocenters. The van der Waals surface area contributed by atoms with E-state index in [1.165, 1.54) is 0 Å². The standard InChI is InChI=1S/C9H19N3O2S/c13-15(14,12-9-3-4-9)11-8-2-1-6-10-7-5-8/h8-12H,1-7H2. The summed E-state index contributed by atoms with van der Waals surface area (Å²) in [5, 5.41) is 3.26.